The van der Waals surface area contributed by atoms with E-state index < -0.39 is 11.2 Å². The van der Waals surface area contributed by atoms with Gasteiger partial charge in [0.15, 0.2) is 11.6 Å². The van der Waals surface area contributed by atoms with E-state index >= 15 is 0 Å². The van der Waals surface area contributed by atoms with Gasteiger partial charge in [-0.05, 0) is 48.7 Å². The summed E-state index contributed by atoms with van der Waals surface area (Å²) >= 11 is 0. The molecule has 0 saturated carbocycles. The number of Topliss-reactive ketones (excluding diaryl/α,β-unsaturated/α-hetero) is 1. The number of aliphatic hydroxyl groups is 1. The quantitative estimate of drug-likeness (QED) is 0.326. The Kier molecular flexibility index (Phi) is 8.65. The molecule has 0 aromatic heterocycles. The van der Waals surface area contributed by atoms with Crippen molar-refractivity contribution >= 4 is 17.6 Å². The van der Waals surface area contributed by atoms with Gasteiger partial charge >= 0.3 is 0 Å². The van der Waals surface area contributed by atoms with E-state index in [9.17, 15) is 14.7 Å². The van der Waals surface area contributed by atoms with E-state index in [-0.39, 0.29) is 34.9 Å². The van der Waals surface area contributed by atoms with Crippen molar-refractivity contribution in [3.05, 3.63) is 64.6 Å². The van der Waals surface area contributed by atoms with Crippen LogP contribution in [0.1, 0.15) is 66.4 Å². The Morgan fingerprint density at radius 2 is 1.56 bits per heavy atom. The average Bonchev–Trinajstić information content (AvgIpc) is 2.70. The average molecular weight is 439 g/mol. The van der Waals surface area contributed by atoms with E-state index in [2.05, 4.69) is 27.7 Å². The lowest BCUT2D eigenvalue weighted by Gasteiger charge is -2.41. The van der Waals surface area contributed by atoms with Gasteiger partial charge in [0.05, 0.1) is 12.5 Å². The predicted molar refractivity (Wildman–Crippen MR) is 130 cm³/mol. The van der Waals surface area contributed by atoms with Gasteiger partial charge in [0.25, 0.3) is 0 Å². The first kappa shape index (κ1) is 25.6. The summed E-state index contributed by atoms with van der Waals surface area (Å²) in [6.45, 7) is 12.4. The zero-order valence-corrected chi connectivity index (χ0v) is 20.6. The topological polar surface area (TPSA) is 63.6 Å². The van der Waals surface area contributed by atoms with E-state index in [0.29, 0.717) is 30.6 Å². The van der Waals surface area contributed by atoms with Crippen molar-refractivity contribution in [3.63, 3.8) is 0 Å². The molecular formula is C28H38O4. The molecule has 0 amide bonds. The van der Waals surface area contributed by atoms with Crippen molar-refractivity contribution in [1.29, 1.82) is 0 Å². The van der Waals surface area contributed by atoms with Gasteiger partial charge in [-0.2, -0.15) is 0 Å². The van der Waals surface area contributed by atoms with Gasteiger partial charge in [-0.1, -0.05) is 78.0 Å². The highest BCUT2D eigenvalue weighted by molar-refractivity contribution is 6.28. The third-order valence-corrected chi connectivity index (χ3v) is 5.70. The van der Waals surface area contributed by atoms with Gasteiger partial charge in [0.2, 0.25) is 0 Å². The Hall–Kier alpha value is -2.62. The monoisotopic (exact) mass is 438 g/mol. The molecule has 2 rings (SSSR count). The summed E-state index contributed by atoms with van der Waals surface area (Å²) in [5.41, 5.74) is 0.365. The fourth-order valence-electron chi connectivity index (χ4n) is 4.81. The Labute approximate surface area is 193 Å². The number of ketones is 2. The van der Waals surface area contributed by atoms with Crippen LogP contribution >= 0.6 is 0 Å². The minimum Gasteiger partial charge on any atom is -0.507 e. The van der Waals surface area contributed by atoms with Crippen LogP contribution in [0.3, 0.4) is 0 Å². The van der Waals surface area contributed by atoms with Crippen LogP contribution in [0, 0.1) is 23.2 Å². The van der Waals surface area contributed by atoms with Crippen LogP contribution in [0.15, 0.2) is 59.1 Å². The number of rotatable bonds is 10. The first-order valence-electron chi connectivity index (χ1n) is 11.6. The van der Waals surface area contributed by atoms with E-state index in [4.69, 9.17) is 4.74 Å². The van der Waals surface area contributed by atoms with E-state index in [1.807, 2.05) is 44.2 Å². The Morgan fingerprint density at radius 1 is 1.00 bits per heavy atom. The summed E-state index contributed by atoms with van der Waals surface area (Å²) in [6.07, 6.45) is 4.71. The molecule has 0 aliphatic heterocycles. The number of allylic oxidation sites excluding steroid dienone is 4. The number of hydrogen-bond donors (Lipinski definition) is 1. The lowest BCUT2D eigenvalue weighted by molar-refractivity contribution is -0.129. The standard InChI is InChI=1S/C28H38O4/c1-18(2)15-22-25(30)24(23(29)14-13-21-11-9-8-10-12-21)26(31)28(16-19(3)4,17-20(5)6)27(22)32-7/h8-14,18-20,30H,15-17H2,1-7H3/b14-13+. The molecule has 1 aromatic rings. The van der Waals surface area contributed by atoms with E-state index in [1.165, 1.54) is 6.08 Å². The molecule has 0 spiro atoms. The molecule has 1 aliphatic rings. The summed E-state index contributed by atoms with van der Waals surface area (Å²) < 4.78 is 5.86. The molecule has 0 radical (unpaired) electrons. The molecular weight excluding hydrogens is 400 g/mol. The molecule has 1 aromatic carbocycles. The summed E-state index contributed by atoms with van der Waals surface area (Å²) in [7, 11) is 1.56. The lowest BCUT2D eigenvalue weighted by atomic mass is 9.63. The predicted octanol–water partition coefficient (Wildman–Crippen LogP) is 6.69. The molecule has 174 valence electrons. The maximum absolute atomic E-state index is 14.0. The maximum Gasteiger partial charge on any atom is 0.193 e. The number of benzene rings is 1. The van der Waals surface area contributed by atoms with Crippen molar-refractivity contribution in [2.24, 2.45) is 23.2 Å². The third-order valence-electron chi connectivity index (χ3n) is 5.70. The van der Waals surface area contributed by atoms with E-state index in [0.717, 1.165) is 5.56 Å². The smallest absolute Gasteiger partial charge is 0.193 e. The second kappa shape index (κ2) is 10.8. The van der Waals surface area contributed by atoms with Crippen LogP contribution < -0.4 is 0 Å². The fraction of sp³-hybridized carbons (Fsp3) is 0.500. The molecule has 1 N–H and O–H groups in total. The first-order valence-corrected chi connectivity index (χ1v) is 11.6. The highest BCUT2D eigenvalue weighted by atomic mass is 16.5. The molecule has 1 aliphatic carbocycles. The Bertz CT molecular complexity index is 904. The number of carbonyl (C=O) groups excluding carboxylic acids is 2. The van der Waals surface area contributed by atoms with Gasteiger partial charge in [0, 0.05) is 5.57 Å². The summed E-state index contributed by atoms with van der Waals surface area (Å²) in [5.74, 6) is 0.136. The van der Waals surface area contributed by atoms with Crippen molar-refractivity contribution < 1.29 is 19.4 Å². The molecule has 0 fully saturated rings. The van der Waals surface area contributed by atoms with Gasteiger partial charge in [0.1, 0.15) is 17.1 Å². The second-order valence-corrected chi connectivity index (χ2v) is 10.0. The number of hydrogen-bond acceptors (Lipinski definition) is 4. The van der Waals surface area contributed by atoms with Crippen molar-refractivity contribution in [2.45, 2.75) is 60.8 Å². The SMILES string of the molecule is COC1=C(CC(C)C)C(O)=C(C(=O)/C=C/c2ccccc2)C(=O)C1(CC(C)C)CC(C)C. The number of carbonyl (C=O) groups is 2. The highest BCUT2D eigenvalue weighted by Crippen LogP contribution is 2.50. The lowest BCUT2D eigenvalue weighted by Crippen LogP contribution is -2.43. The summed E-state index contributed by atoms with van der Waals surface area (Å²) in [5, 5.41) is 11.2. The van der Waals surface area contributed by atoms with Crippen LogP contribution in [-0.4, -0.2) is 23.8 Å². The molecule has 0 bridgehead atoms. The van der Waals surface area contributed by atoms with Crippen LogP contribution in [0.25, 0.3) is 6.08 Å². The fourth-order valence-corrected chi connectivity index (χ4v) is 4.81. The molecule has 0 saturated heterocycles. The van der Waals surface area contributed by atoms with Crippen LogP contribution in [0.5, 0.6) is 0 Å². The van der Waals surface area contributed by atoms with Gasteiger partial charge in [-0.3, -0.25) is 9.59 Å². The summed E-state index contributed by atoms with van der Waals surface area (Å²) in [4.78, 5) is 27.3. The zero-order chi connectivity index (χ0) is 24.1. The maximum atomic E-state index is 14.0. The highest BCUT2D eigenvalue weighted by Gasteiger charge is 2.52. The minimum absolute atomic E-state index is 0.116. The summed E-state index contributed by atoms with van der Waals surface area (Å²) in [6, 6.07) is 9.44. The second-order valence-electron chi connectivity index (χ2n) is 10.0. The number of methoxy groups -OCH3 is 1. The van der Waals surface area contributed by atoms with E-state index in [1.54, 1.807) is 13.2 Å². The number of aliphatic hydroxyl groups excluding tert-OH is 1. The van der Waals surface area contributed by atoms with Crippen LogP contribution in [-0.2, 0) is 14.3 Å². The molecule has 0 unspecified atom stereocenters. The molecule has 0 heterocycles. The van der Waals surface area contributed by atoms with Gasteiger partial charge in [-0.15, -0.1) is 0 Å². The first-order chi connectivity index (χ1) is 15.0. The Morgan fingerprint density at radius 3 is 2.03 bits per heavy atom. The normalized spacial score (nSPS) is 16.8. The van der Waals surface area contributed by atoms with Crippen molar-refractivity contribution in [2.75, 3.05) is 7.11 Å². The molecule has 4 nitrogen and oxygen atoms in total. The molecule has 0 atom stereocenters. The minimum atomic E-state index is -0.959. The molecule has 32 heavy (non-hydrogen) atoms. The van der Waals surface area contributed by atoms with Gasteiger partial charge < -0.3 is 9.84 Å². The zero-order valence-electron chi connectivity index (χ0n) is 20.6. The largest absolute Gasteiger partial charge is 0.507 e. The van der Waals surface area contributed by atoms with Crippen molar-refractivity contribution in [3.8, 4) is 0 Å². The van der Waals surface area contributed by atoms with Crippen LogP contribution in [0.4, 0.5) is 0 Å². The third kappa shape index (κ3) is 5.59. The Balaban J connectivity index is 2.70. The van der Waals surface area contributed by atoms with Gasteiger partial charge in [-0.25, -0.2) is 0 Å². The van der Waals surface area contributed by atoms with Crippen LogP contribution in [0.2, 0.25) is 0 Å². The van der Waals surface area contributed by atoms with Crippen molar-refractivity contribution in [1.82, 2.24) is 0 Å². The number of ether oxygens (including phenoxy) is 1. The molecule has 4 heteroatoms.